The predicted octanol–water partition coefficient (Wildman–Crippen LogP) is 0.814. The van der Waals surface area contributed by atoms with Crippen molar-refractivity contribution in [3.05, 3.63) is 16.5 Å². The van der Waals surface area contributed by atoms with Gasteiger partial charge >= 0.3 is 0 Å². The number of nitrogens with zero attached hydrogens (tertiary/aromatic N) is 2. The van der Waals surface area contributed by atoms with Crippen LogP contribution in [0.3, 0.4) is 0 Å². The van der Waals surface area contributed by atoms with E-state index in [1.165, 1.54) is 0 Å². The molecular formula is C12H17ClN4O3. The third-order valence-corrected chi connectivity index (χ3v) is 2.77. The molecule has 1 aromatic rings. The minimum Gasteiger partial charge on any atom is -0.383 e. The molecule has 0 spiro atoms. The lowest BCUT2D eigenvalue weighted by Gasteiger charge is -2.16. The van der Waals surface area contributed by atoms with Gasteiger partial charge in [0.1, 0.15) is 22.8 Å². The Bertz CT molecular complexity index is 496. The molecule has 0 aromatic carbocycles. The van der Waals surface area contributed by atoms with Crippen molar-refractivity contribution in [3.63, 3.8) is 0 Å². The fraction of sp³-hybridized carbons (Fsp3) is 0.500. The van der Waals surface area contributed by atoms with E-state index >= 15 is 0 Å². The number of halogens is 1. The van der Waals surface area contributed by atoms with Crippen LogP contribution >= 0.6 is 11.6 Å². The van der Waals surface area contributed by atoms with E-state index in [1.807, 2.05) is 0 Å². The second-order valence-electron chi connectivity index (χ2n) is 4.09. The van der Waals surface area contributed by atoms with E-state index < -0.39 is 6.04 Å². The van der Waals surface area contributed by atoms with E-state index in [0.717, 1.165) is 0 Å². The fourth-order valence-electron chi connectivity index (χ4n) is 1.46. The number of hydrogen-bond acceptors (Lipinski definition) is 6. The van der Waals surface area contributed by atoms with Crippen LogP contribution in [-0.4, -0.2) is 48.5 Å². The molecule has 1 aromatic heterocycles. The smallest absolute Gasteiger partial charge is 0.242 e. The Labute approximate surface area is 122 Å². The van der Waals surface area contributed by atoms with Gasteiger partial charge in [-0.2, -0.15) is 0 Å². The van der Waals surface area contributed by atoms with Crippen molar-refractivity contribution < 1.29 is 14.3 Å². The van der Waals surface area contributed by atoms with Gasteiger partial charge in [0.2, 0.25) is 5.91 Å². The lowest BCUT2D eigenvalue weighted by Crippen LogP contribution is -2.39. The van der Waals surface area contributed by atoms with Gasteiger partial charge in [-0.1, -0.05) is 11.6 Å². The summed E-state index contributed by atoms with van der Waals surface area (Å²) in [4.78, 5) is 30.8. The summed E-state index contributed by atoms with van der Waals surface area (Å²) in [5, 5.41) is 5.59. The van der Waals surface area contributed by atoms with Crippen molar-refractivity contribution in [3.8, 4) is 0 Å². The number of hydrogen-bond donors (Lipinski definition) is 2. The van der Waals surface area contributed by atoms with E-state index in [-0.39, 0.29) is 22.4 Å². The van der Waals surface area contributed by atoms with Gasteiger partial charge in [-0.15, -0.1) is 0 Å². The van der Waals surface area contributed by atoms with Gasteiger partial charge in [0.25, 0.3) is 0 Å². The van der Waals surface area contributed by atoms with Crippen LogP contribution in [0.2, 0.25) is 5.15 Å². The zero-order valence-corrected chi connectivity index (χ0v) is 12.3. The number of nitrogens with one attached hydrogen (secondary N) is 2. The maximum Gasteiger partial charge on any atom is 0.242 e. The molecule has 7 nitrogen and oxygen atoms in total. The van der Waals surface area contributed by atoms with Crippen molar-refractivity contribution in [2.24, 2.45) is 0 Å². The Morgan fingerprint density at radius 2 is 2.20 bits per heavy atom. The fourth-order valence-corrected chi connectivity index (χ4v) is 1.72. The highest BCUT2D eigenvalue weighted by Crippen LogP contribution is 2.19. The van der Waals surface area contributed by atoms with Gasteiger partial charge in [-0.05, 0) is 13.8 Å². The summed E-state index contributed by atoms with van der Waals surface area (Å²) in [7, 11) is 1.55. The zero-order valence-electron chi connectivity index (χ0n) is 11.6. The van der Waals surface area contributed by atoms with Gasteiger partial charge in [0.15, 0.2) is 6.29 Å². The van der Waals surface area contributed by atoms with Crippen LogP contribution in [0.15, 0.2) is 0 Å². The molecule has 1 rings (SSSR count). The first-order chi connectivity index (χ1) is 9.49. The number of carbonyl (C=O) groups excluding carboxylic acids is 2. The second kappa shape index (κ2) is 7.76. The summed E-state index contributed by atoms with van der Waals surface area (Å²) >= 11 is 5.86. The van der Waals surface area contributed by atoms with Crippen LogP contribution in [0, 0.1) is 6.92 Å². The summed E-state index contributed by atoms with van der Waals surface area (Å²) in [6, 6.07) is -0.573. The first kappa shape index (κ1) is 16.3. The monoisotopic (exact) mass is 300 g/mol. The number of ether oxygens (including phenoxy) is 1. The maximum atomic E-state index is 11.8. The summed E-state index contributed by atoms with van der Waals surface area (Å²) in [6.07, 6.45) is 0.555. The van der Waals surface area contributed by atoms with E-state index in [1.54, 1.807) is 21.0 Å². The molecule has 0 saturated carbocycles. The Morgan fingerprint density at radius 1 is 1.50 bits per heavy atom. The molecule has 2 N–H and O–H groups in total. The maximum absolute atomic E-state index is 11.8. The first-order valence-corrected chi connectivity index (χ1v) is 6.40. The molecule has 1 atom stereocenters. The van der Waals surface area contributed by atoms with Crippen LogP contribution in [0.25, 0.3) is 0 Å². The minimum atomic E-state index is -0.573. The van der Waals surface area contributed by atoms with Gasteiger partial charge in [-0.25, -0.2) is 9.97 Å². The molecule has 0 aliphatic carbocycles. The topological polar surface area (TPSA) is 93.2 Å². The van der Waals surface area contributed by atoms with Crippen LogP contribution in [0.4, 0.5) is 5.82 Å². The highest BCUT2D eigenvalue weighted by molar-refractivity contribution is 6.32. The molecule has 20 heavy (non-hydrogen) atoms. The average molecular weight is 301 g/mol. The van der Waals surface area contributed by atoms with Crippen LogP contribution in [-0.2, 0) is 9.53 Å². The van der Waals surface area contributed by atoms with Gasteiger partial charge < -0.3 is 15.4 Å². The number of carbonyl (C=O) groups is 2. The molecule has 0 bridgehead atoms. The molecule has 1 amide bonds. The van der Waals surface area contributed by atoms with Crippen molar-refractivity contribution in [1.82, 2.24) is 15.3 Å². The molecule has 110 valence electrons. The molecule has 0 radical (unpaired) electrons. The Kier molecular flexibility index (Phi) is 6.33. The largest absolute Gasteiger partial charge is 0.383 e. The minimum absolute atomic E-state index is 0.0574. The Hall–Kier alpha value is -1.73. The molecule has 1 unspecified atom stereocenters. The van der Waals surface area contributed by atoms with Crippen molar-refractivity contribution in [2.45, 2.75) is 19.9 Å². The van der Waals surface area contributed by atoms with Gasteiger partial charge in [-0.3, -0.25) is 9.59 Å². The third kappa shape index (κ3) is 4.43. The molecule has 0 fully saturated rings. The number of aryl methyl sites for hydroxylation is 1. The van der Waals surface area contributed by atoms with Crippen LogP contribution in [0.5, 0.6) is 0 Å². The molecule has 0 aliphatic heterocycles. The summed E-state index contributed by atoms with van der Waals surface area (Å²) in [5.41, 5.74) is 0.133. The first-order valence-electron chi connectivity index (χ1n) is 6.02. The summed E-state index contributed by atoms with van der Waals surface area (Å²) in [5.74, 6) is 0.424. The van der Waals surface area contributed by atoms with Crippen molar-refractivity contribution in [2.75, 3.05) is 25.6 Å². The SMILES string of the molecule is COCCNC(=O)C(C)Nc1nc(C)nc(Cl)c1C=O. The van der Waals surface area contributed by atoms with E-state index in [4.69, 9.17) is 16.3 Å². The average Bonchev–Trinajstić information content (AvgIpc) is 2.38. The van der Waals surface area contributed by atoms with Gasteiger partial charge in [0, 0.05) is 13.7 Å². The molecule has 0 saturated heterocycles. The van der Waals surface area contributed by atoms with E-state index in [0.29, 0.717) is 25.3 Å². The second-order valence-corrected chi connectivity index (χ2v) is 4.45. The van der Waals surface area contributed by atoms with Crippen LogP contribution < -0.4 is 10.6 Å². The Morgan fingerprint density at radius 3 is 2.80 bits per heavy atom. The lowest BCUT2D eigenvalue weighted by atomic mass is 10.2. The van der Waals surface area contributed by atoms with Crippen LogP contribution in [0.1, 0.15) is 23.1 Å². The Balaban J connectivity index is 2.77. The number of amides is 1. The molecule has 8 heteroatoms. The summed E-state index contributed by atoms with van der Waals surface area (Å²) < 4.78 is 4.84. The lowest BCUT2D eigenvalue weighted by molar-refractivity contribution is -0.121. The number of rotatable bonds is 7. The number of aromatic nitrogens is 2. The quantitative estimate of drug-likeness (QED) is 0.440. The third-order valence-electron chi connectivity index (χ3n) is 2.48. The molecule has 1 heterocycles. The summed E-state index contributed by atoms with van der Waals surface area (Å²) in [6.45, 7) is 4.14. The highest BCUT2D eigenvalue weighted by Gasteiger charge is 2.17. The predicted molar refractivity (Wildman–Crippen MR) is 75.1 cm³/mol. The normalized spacial score (nSPS) is 11.8. The zero-order chi connectivity index (χ0) is 15.1. The highest BCUT2D eigenvalue weighted by atomic mass is 35.5. The van der Waals surface area contributed by atoms with E-state index in [9.17, 15) is 9.59 Å². The van der Waals surface area contributed by atoms with Crippen molar-refractivity contribution in [1.29, 1.82) is 0 Å². The number of anilines is 1. The molecule has 0 aliphatic rings. The number of methoxy groups -OCH3 is 1. The van der Waals surface area contributed by atoms with Crippen molar-refractivity contribution >= 4 is 29.6 Å². The molecular weight excluding hydrogens is 284 g/mol. The standard InChI is InChI=1S/C12H17ClN4O3/c1-7(12(19)14-4-5-20-3)15-11-9(6-18)10(13)16-8(2)17-11/h6-7H,4-5H2,1-3H3,(H,14,19)(H,15,16,17). The van der Waals surface area contributed by atoms with Gasteiger partial charge in [0.05, 0.1) is 12.2 Å². The number of aldehydes is 1. The van der Waals surface area contributed by atoms with E-state index in [2.05, 4.69) is 20.6 Å².